The van der Waals surface area contributed by atoms with Gasteiger partial charge in [0.25, 0.3) is 5.91 Å². The van der Waals surface area contributed by atoms with Crippen molar-refractivity contribution in [2.45, 2.75) is 57.6 Å². The van der Waals surface area contributed by atoms with Gasteiger partial charge in [0.2, 0.25) is 0 Å². The Morgan fingerprint density at radius 1 is 1.14 bits per heavy atom. The molecule has 0 saturated carbocycles. The van der Waals surface area contributed by atoms with E-state index in [0.29, 0.717) is 19.4 Å². The molecule has 2 unspecified atom stereocenters. The molecule has 0 aromatic heterocycles. The summed E-state index contributed by atoms with van der Waals surface area (Å²) in [5, 5.41) is 6.33. The normalized spacial score (nSPS) is 24.1. The number of hydrogen-bond acceptors (Lipinski definition) is 5. The van der Waals surface area contributed by atoms with Gasteiger partial charge in [-0.1, -0.05) is 24.3 Å². The van der Waals surface area contributed by atoms with E-state index in [4.69, 9.17) is 9.47 Å². The predicted molar refractivity (Wildman–Crippen MR) is 120 cm³/mol. The number of carbonyl (C=O) groups is 1. The number of benzene rings is 1. The Hall–Kier alpha value is -0.890. The summed E-state index contributed by atoms with van der Waals surface area (Å²) >= 11 is 0. The number of nitrogens with zero attached hydrogens (tertiary/aromatic N) is 1. The molecule has 8 heteroatoms. The molecule has 0 aliphatic carbocycles. The first kappa shape index (κ1) is 26.1. The van der Waals surface area contributed by atoms with Gasteiger partial charge in [0.1, 0.15) is 5.60 Å². The third kappa shape index (κ3) is 7.09. The van der Waals surface area contributed by atoms with Crippen LogP contribution in [0, 0.1) is 0 Å². The predicted octanol–water partition coefficient (Wildman–Crippen LogP) is 2.52. The molecule has 1 aromatic carbocycles. The summed E-state index contributed by atoms with van der Waals surface area (Å²) < 4.78 is 11.4. The minimum absolute atomic E-state index is 0. The van der Waals surface area contributed by atoms with E-state index in [1.165, 1.54) is 5.56 Å². The molecule has 0 spiro atoms. The van der Waals surface area contributed by atoms with Crippen LogP contribution in [0.25, 0.3) is 0 Å². The number of piperidine rings is 1. The molecule has 2 aliphatic rings. The van der Waals surface area contributed by atoms with Gasteiger partial charge < -0.3 is 20.1 Å². The van der Waals surface area contributed by atoms with Gasteiger partial charge in [-0.3, -0.25) is 9.69 Å². The number of carbonyl (C=O) groups excluding carboxylic acids is 1. The Morgan fingerprint density at radius 3 is 2.24 bits per heavy atom. The summed E-state index contributed by atoms with van der Waals surface area (Å²) in [7, 11) is 1.63. The molecule has 2 saturated heterocycles. The van der Waals surface area contributed by atoms with Crippen LogP contribution in [-0.4, -0.2) is 61.9 Å². The van der Waals surface area contributed by atoms with E-state index in [-0.39, 0.29) is 42.9 Å². The Kier molecular flexibility index (Phi) is 10.9. The van der Waals surface area contributed by atoms with Crippen LogP contribution < -0.4 is 10.6 Å². The molecule has 1 amide bonds. The molecular formula is C21H35Cl2N3O3. The van der Waals surface area contributed by atoms with Crippen molar-refractivity contribution in [1.29, 1.82) is 0 Å². The van der Waals surface area contributed by atoms with Crippen LogP contribution in [0.1, 0.15) is 37.8 Å². The van der Waals surface area contributed by atoms with Crippen LogP contribution in [0.3, 0.4) is 0 Å². The maximum atomic E-state index is 12.6. The van der Waals surface area contributed by atoms with Crippen LogP contribution in [0.15, 0.2) is 24.3 Å². The zero-order chi connectivity index (χ0) is 19.3. The zero-order valence-corrected chi connectivity index (χ0v) is 19.2. The molecule has 2 atom stereocenters. The summed E-state index contributed by atoms with van der Waals surface area (Å²) in [4.78, 5) is 15.1. The van der Waals surface area contributed by atoms with Gasteiger partial charge in [-0.15, -0.1) is 24.8 Å². The molecule has 29 heavy (non-hydrogen) atoms. The SMILES string of the molecule is COC1(C(=O)NCc2ccc(CN3CC(C)OC(C)C3)cc2)CCNCC1.Cl.Cl. The maximum Gasteiger partial charge on any atom is 0.252 e. The minimum atomic E-state index is -0.686. The molecule has 6 nitrogen and oxygen atoms in total. The van der Waals surface area contributed by atoms with Crippen molar-refractivity contribution in [2.75, 3.05) is 33.3 Å². The highest BCUT2D eigenvalue weighted by Gasteiger charge is 2.39. The summed E-state index contributed by atoms with van der Waals surface area (Å²) in [6, 6.07) is 8.52. The summed E-state index contributed by atoms with van der Waals surface area (Å²) in [5.41, 5.74) is 1.71. The van der Waals surface area contributed by atoms with Crippen molar-refractivity contribution in [3.05, 3.63) is 35.4 Å². The average Bonchev–Trinajstić information content (AvgIpc) is 2.67. The van der Waals surface area contributed by atoms with Gasteiger partial charge in [0.05, 0.1) is 12.2 Å². The zero-order valence-electron chi connectivity index (χ0n) is 17.6. The molecule has 2 fully saturated rings. The van der Waals surface area contributed by atoms with Crippen molar-refractivity contribution in [3.63, 3.8) is 0 Å². The second kappa shape index (κ2) is 12.1. The number of hydrogen-bond donors (Lipinski definition) is 2. The Morgan fingerprint density at radius 2 is 1.69 bits per heavy atom. The first-order valence-electron chi connectivity index (χ1n) is 10.0. The van der Waals surface area contributed by atoms with Crippen molar-refractivity contribution >= 4 is 30.7 Å². The number of nitrogens with one attached hydrogen (secondary N) is 2. The van der Waals surface area contributed by atoms with E-state index < -0.39 is 5.60 Å². The van der Waals surface area contributed by atoms with Gasteiger partial charge in [-0.05, 0) is 50.9 Å². The highest BCUT2D eigenvalue weighted by Crippen LogP contribution is 2.23. The van der Waals surface area contributed by atoms with Crippen LogP contribution >= 0.6 is 24.8 Å². The van der Waals surface area contributed by atoms with Crippen LogP contribution in [0.5, 0.6) is 0 Å². The lowest BCUT2D eigenvalue weighted by atomic mass is 9.91. The van der Waals surface area contributed by atoms with Crippen molar-refractivity contribution in [3.8, 4) is 0 Å². The Bertz CT molecular complexity index is 614. The lowest BCUT2D eigenvalue weighted by Crippen LogP contribution is -2.53. The third-order valence-corrected chi connectivity index (χ3v) is 5.59. The molecule has 3 rings (SSSR count). The lowest BCUT2D eigenvalue weighted by molar-refractivity contribution is -0.146. The van der Waals surface area contributed by atoms with E-state index >= 15 is 0 Å². The monoisotopic (exact) mass is 447 g/mol. The second-order valence-electron chi connectivity index (χ2n) is 7.90. The average molecular weight is 448 g/mol. The molecule has 1 aromatic rings. The number of morpholine rings is 1. The van der Waals surface area contributed by atoms with Crippen LogP contribution in [0.4, 0.5) is 0 Å². The van der Waals surface area contributed by atoms with Gasteiger partial charge in [0, 0.05) is 33.3 Å². The fourth-order valence-corrected chi connectivity index (χ4v) is 4.13. The number of methoxy groups -OCH3 is 1. The summed E-state index contributed by atoms with van der Waals surface area (Å²) in [6.45, 7) is 9.29. The fourth-order valence-electron chi connectivity index (χ4n) is 4.13. The minimum Gasteiger partial charge on any atom is -0.373 e. The highest BCUT2D eigenvalue weighted by molar-refractivity contribution is 5.86. The quantitative estimate of drug-likeness (QED) is 0.701. The number of rotatable bonds is 6. The largest absolute Gasteiger partial charge is 0.373 e. The van der Waals surface area contributed by atoms with Gasteiger partial charge in [0.15, 0.2) is 0 Å². The highest BCUT2D eigenvalue weighted by atomic mass is 35.5. The second-order valence-corrected chi connectivity index (χ2v) is 7.90. The summed E-state index contributed by atoms with van der Waals surface area (Å²) in [6.07, 6.45) is 1.99. The van der Waals surface area contributed by atoms with Crippen molar-refractivity contribution in [2.24, 2.45) is 0 Å². The van der Waals surface area contributed by atoms with Gasteiger partial charge >= 0.3 is 0 Å². The van der Waals surface area contributed by atoms with E-state index in [1.54, 1.807) is 7.11 Å². The van der Waals surface area contributed by atoms with Crippen LogP contribution in [-0.2, 0) is 27.4 Å². The fraction of sp³-hybridized carbons (Fsp3) is 0.667. The van der Waals surface area contributed by atoms with Gasteiger partial charge in [-0.2, -0.15) is 0 Å². The topological polar surface area (TPSA) is 62.8 Å². The molecule has 2 heterocycles. The molecule has 2 N–H and O–H groups in total. The number of ether oxygens (including phenoxy) is 2. The van der Waals surface area contributed by atoms with Crippen molar-refractivity contribution in [1.82, 2.24) is 15.5 Å². The maximum absolute atomic E-state index is 12.6. The molecular weight excluding hydrogens is 413 g/mol. The summed E-state index contributed by atoms with van der Waals surface area (Å²) in [5.74, 6) is -0.00753. The van der Waals surface area contributed by atoms with E-state index in [2.05, 4.69) is 53.6 Å². The van der Waals surface area contributed by atoms with E-state index in [0.717, 1.165) is 38.3 Å². The molecule has 0 radical (unpaired) electrons. The van der Waals surface area contributed by atoms with Crippen molar-refractivity contribution < 1.29 is 14.3 Å². The Labute approximate surface area is 186 Å². The smallest absolute Gasteiger partial charge is 0.252 e. The van der Waals surface area contributed by atoms with E-state index in [1.807, 2.05) is 0 Å². The Balaban J connectivity index is 0.00000210. The third-order valence-electron chi connectivity index (χ3n) is 5.59. The van der Waals surface area contributed by atoms with Gasteiger partial charge in [-0.25, -0.2) is 0 Å². The first-order chi connectivity index (χ1) is 13.0. The standard InChI is InChI=1S/C21H33N3O3.2ClH/c1-16-13-24(14-17(2)27-16)15-19-6-4-18(5-7-19)12-23-20(25)21(26-3)8-10-22-11-9-21;;/h4-7,16-17,22H,8-15H2,1-3H3,(H,23,25);2*1H. The van der Waals surface area contributed by atoms with Crippen LogP contribution in [0.2, 0.25) is 0 Å². The molecule has 0 bridgehead atoms. The molecule has 166 valence electrons. The number of halogens is 2. The van der Waals surface area contributed by atoms with E-state index in [9.17, 15) is 4.79 Å². The number of amides is 1. The molecule has 2 aliphatic heterocycles. The first-order valence-corrected chi connectivity index (χ1v) is 10.0. The lowest BCUT2D eigenvalue weighted by Gasteiger charge is -2.35.